The van der Waals surface area contributed by atoms with Gasteiger partial charge in [-0.2, -0.15) is 0 Å². The standard InChI is InChI=1S/C6H12ClNO2/c1-6(2,4-7)8-3-5(9)10/h8H,3-4H2,1-2H3,(H,9,10). The molecule has 3 nitrogen and oxygen atoms in total. The molecule has 0 aromatic rings. The van der Waals surface area contributed by atoms with Gasteiger partial charge in [-0.25, -0.2) is 0 Å². The maximum absolute atomic E-state index is 10.1. The van der Waals surface area contributed by atoms with Crippen LogP contribution in [0.2, 0.25) is 0 Å². The van der Waals surface area contributed by atoms with E-state index in [9.17, 15) is 4.79 Å². The molecule has 10 heavy (non-hydrogen) atoms. The van der Waals surface area contributed by atoms with Crippen LogP contribution in [0.3, 0.4) is 0 Å². The molecule has 0 aromatic carbocycles. The summed E-state index contributed by atoms with van der Waals surface area (Å²) in [6.45, 7) is 3.66. The number of halogens is 1. The molecule has 0 fully saturated rings. The Balaban J connectivity index is 3.56. The Morgan fingerprint density at radius 2 is 2.20 bits per heavy atom. The molecular weight excluding hydrogens is 154 g/mol. The molecule has 0 bridgehead atoms. The molecule has 0 spiro atoms. The minimum absolute atomic E-state index is 0.0419. The fourth-order valence-electron chi connectivity index (χ4n) is 0.362. The van der Waals surface area contributed by atoms with Gasteiger partial charge in [0, 0.05) is 11.4 Å². The lowest BCUT2D eigenvalue weighted by atomic mass is 10.1. The second-order valence-corrected chi connectivity index (χ2v) is 3.03. The number of carboxylic acids is 1. The molecule has 0 aromatic heterocycles. The molecular formula is C6H12ClNO2. The summed E-state index contributed by atoms with van der Waals surface area (Å²) in [5, 5.41) is 11.0. The van der Waals surface area contributed by atoms with E-state index in [4.69, 9.17) is 16.7 Å². The highest BCUT2D eigenvalue weighted by atomic mass is 35.5. The summed E-state index contributed by atoms with van der Waals surface area (Å²) in [6.07, 6.45) is 0. The highest BCUT2D eigenvalue weighted by Gasteiger charge is 2.15. The van der Waals surface area contributed by atoms with Crippen LogP contribution in [0.5, 0.6) is 0 Å². The minimum Gasteiger partial charge on any atom is -0.480 e. The van der Waals surface area contributed by atoms with E-state index < -0.39 is 5.97 Å². The van der Waals surface area contributed by atoms with E-state index in [-0.39, 0.29) is 12.1 Å². The molecule has 0 radical (unpaired) electrons. The first-order chi connectivity index (χ1) is 4.48. The maximum Gasteiger partial charge on any atom is 0.317 e. The summed E-state index contributed by atoms with van der Waals surface area (Å²) in [6, 6.07) is 0. The molecule has 0 aliphatic heterocycles. The van der Waals surface area contributed by atoms with Crippen LogP contribution >= 0.6 is 11.6 Å². The van der Waals surface area contributed by atoms with Crippen LogP contribution in [0.1, 0.15) is 13.8 Å². The number of carbonyl (C=O) groups is 1. The third kappa shape index (κ3) is 4.58. The zero-order valence-corrected chi connectivity index (χ0v) is 6.90. The van der Waals surface area contributed by atoms with Crippen molar-refractivity contribution in [3.8, 4) is 0 Å². The summed E-state index contributed by atoms with van der Waals surface area (Å²) >= 11 is 5.52. The van der Waals surface area contributed by atoms with Crippen molar-refractivity contribution in [2.24, 2.45) is 0 Å². The minimum atomic E-state index is -0.863. The van der Waals surface area contributed by atoms with E-state index in [1.807, 2.05) is 13.8 Å². The number of aliphatic carboxylic acids is 1. The van der Waals surface area contributed by atoms with Crippen LogP contribution in [0, 0.1) is 0 Å². The van der Waals surface area contributed by atoms with Gasteiger partial charge >= 0.3 is 5.97 Å². The van der Waals surface area contributed by atoms with E-state index in [0.717, 1.165) is 0 Å². The first kappa shape index (κ1) is 9.72. The van der Waals surface area contributed by atoms with Crippen molar-refractivity contribution in [1.29, 1.82) is 0 Å². The van der Waals surface area contributed by atoms with Crippen molar-refractivity contribution in [3.63, 3.8) is 0 Å². The van der Waals surface area contributed by atoms with Crippen LogP contribution in [0.4, 0.5) is 0 Å². The molecule has 60 valence electrons. The summed E-state index contributed by atoms with van der Waals surface area (Å²) in [5.41, 5.74) is -0.292. The van der Waals surface area contributed by atoms with Crippen molar-refractivity contribution >= 4 is 17.6 Å². The zero-order valence-electron chi connectivity index (χ0n) is 6.15. The van der Waals surface area contributed by atoms with E-state index >= 15 is 0 Å². The Morgan fingerprint density at radius 3 is 2.50 bits per heavy atom. The van der Waals surface area contributed by atoms with Crippen LogP contribution in [0.15, 0.2) is 0 Å². The molecule has 0 amide bonds. The Labute approximate surface area is 65.4 Å². The molecule has 0 saturated carbocycles. The summed E-state index contributed by atoms with van der Waals surface area (Å²) in [5.74, 6) is -0.460. The van der Waals surface area contributed by atoms with Gasteiger partial charge in [-0.3, -0.25) is 4.79 Å². The van der Waals surface area contributed by atoms with Crippen molar-refractivity contribution in [1.82, 2.24) is 5.32 Å². The second-order valence-electron chi connectivity index (χ2n) is 2.76. The summed E-state index contributed by atoms with van der Waals surface area (Å²) in [4.78, 5) is 10.1. The van der Waals surface area contributed by atoms with Gasteiger partial charge in [0.05, 0.1) is 6.54 Å². The molecule has 0 aliphatic rings. The van der Waals surface area contributed by atoms with Gasteiger partial charge in [0.25, 0.3) is 0 Å². The van der Waals surface area contributed by atoms with Gasteiger partial charge in [-0.15, -0.1) is 11.6 Å². The van der Waals surface area contributed by atoms with Crippen molar-refractivity contribution in [2.75, 3.05) is 12.4 Å². The Kier molecular flexibility index (Phi) is 3.68. The fraction of sp³-hybridized carbons (Fsp3) is 0.833. The van der Waals surface area contributed by atoms with Gasteiger partial charge in [0.15, 0.2) is 0 Å². The number of carboxylic acid groups (broad SMARTS) is 1. The third-order valence-corrected chi connectivity index (χ3v) is 1.72. The molecule has 0 aliphatic carbocycles. The summed E-state index contributed by atoms with van der Waals surface area (Å²) < 4.78 is 0. The Bertz CT molecular complexity index is 125. The van der Waals surface area contributed by atoms with E-state index in [2.05, 4.69) is 5.32 Å². The van der Waals surface area contributed by atoms with Crippen molar-refractivity contribution in [2.45, 2.75) is 19.4 Å². The summed E-state index contributed by atoms with van der Waals surface area (Å²) in [7, 11) is 0. The zero-order chi connectivity index (χ0) is 8.20. The number of hydrogen-bond acceptors (Lipinski definition) is 2. The predicted octanol–water partition coefficient (Wildman–Crippen LogP) is 0.678. The first-order valence-electron chi connectivity index (χ1n) is 3.01. The van der Waals surface area contributed by atoms with E-state index in [0.29, 0.717) is 5.88 Å². The fourth-order valence-corrected chi connectivity index (χ4v) is 0.457. The van der Waals surface area contributed by atoms with Gasteiger partial charge in [0.2, 0.25) is 0 Å². The molecule has 2 N–H and O–H groups in total. The van der Waals surface area contributed by atoms with Gasteiger partial charge in [0.1, 0.15) is 0 Å². The lowest BCUT2D eigenvalue weighted by Crippen LogP contribution is -2.43. The largest absolute Gasteiger partial charge is 0.480 e. The lowest BCUT2D eigenvalue weighted by Gasteiger charge is -2.21. The number of nitrogens with one attached hydrogen (secondary N) is 1. The van der Waals surface area contributed by atoms with Crippen molar-refractivity contribution < 1.29 is 9.90 Å². The smallest absolute Gasteiger partial charge is 0.317 e. The molecule has 0 rings (SSSR count). The third-order valence-electron chi connectivity index (χ3n) is 1.05. The topological polar surface area (TPSA) is 49.3 Å². The maximum atomic E-state index is 10.1. The van der Waals surface area contributed by atoms with Gasteiger partial charge in [-0.1, -0.05) is 0 Å². The van der Waals surface area contributed by atoms with E-state index in [1.165, 1.54) is 0 Å². The predicted molar refractivity (Wildman–Crippen MR) is 40.4 cm³/mol. The number of hydrogen-bond donors (Lipinski definition) is 2. The van der Waals surface area contributed by atoms with Crippen LogP contribution in [-0.4, -0.2) is 29.0 Å². The van der Waals surface area contributed by atoms with E-state index in [1.54, 1.807) is 0 Å². The van der Waals surface area contributed by atoms with Crippen LogP contribution in [0.25, 0.3) is 0 Å². The molecule has 0 atom stereocenters. The first-order valence-corrected chi connectivity index (χ1v) is 3.54. The SMILES string of the molecule is CC(C)(CCl)NCC(=O)O. The van der Waals surface area contributed by atoms with Crippen LogP contribution in [-0.2, 0) is 4.79 Å². The normalized spacial score (nSPS) is 11.5. The lowest BCUT2D eigenvalue weighted by molar-refractivity contribution is -0.136. The molecule has 0 heterocycles. The molecule has 4 heteroatoms. The molecule has 0 unspecified atom stereocenters. The second kappa shape index (κ2) is 3.78. The molecule has 0 saturated heterocycles. The number of rotatable bonds is 4. The quantitative estimate of drug-likeness (QED) is 0.603. The average molecular weight is 166 g/mol. The number of alkyl halides is 1. The van der Waals surface area contributed by atoms with Crippen molar-refractivity contribution in [3.05, 3.63) is 0 Å². The monoisotopic (exact) mass is 165 g/mol. The van der Waals surface area contributed by atoms with Crippen LogP contribution < -0.4 is 5.32 Å². The Morgan fingerprint density at radius 1 is 1.70 bits per heavy atom. The Hall–Kier alpha value is -0.280. The van der Waals surface area contributed by atoms with Gasteiger partial charge in [-0.05, 0) is 13.8 Å². The average Bonchev–Trinajstić information content (AvgIpc) is 1.85. The highest BCUT2D eigenvalue weighted by Crippen LogP contribution is 2.02. The highest BCUT2D eigenvalue weighted by molar-refractivity contribution is 6.18. The van der Waals surface area contributed by atoms with Gasteiger partial charge < -0.3 is 10.4 Å².